The van der Waals surface area contributed by atoms with Crippen molar-refractivity contribution in [3.8, 4) is 0 Å². The van der Waals surface area contributed by atoms with Crippen molar-refractivity contribution in [3.63, 3.8) is 0 Å². The topological polar surface area (TPSA) is 87.8 Å². The molecule has 4 rings (SSSR count). The highest BCUT2D eigenvalue weighted by atomic mass is 16.8. The molecule has 0 bridgehead atoms. The van der Waals surface area contributed by atoms with Crippen LogP contribution < -0.4 is 5.32 Å². The molecule has 27 heavy (non-hydrogen) atoms. The number of amides is 1. The van der Waals surface area contributed by atoms with Crippen LogP contribution in [0.3, 0.4) is 0 Å². The van der Waals surface area contributed by atoms with Gasteiger partial charge in [0.2, 0.25) is 5.91 Å². The molecule has 3 aliphatic rings. The highest BCUT2D eigenvalue weighted by Gasteiger charge is 2.51. The Hall–Kier alpha value is -1.55. The molecule has 3 aliphatic heterocycles. The summed E-state index contributed by atoms with van der Waals surface area (Å²) in [6, 6.07) is 9.20. The zero-order chi connectivity index (χ0) is 18.8. The third-order valence-electron chi connectivity index (χ3n) is 4.90. The first kappa shape index (κ1) is 18.8. The van der Waals surface area contributed by atoms with Crippen LogP contribution in [0.4, 0.5) is 0 Å². The lowest BCUT2D eigenvalue weighted by molar-refractivity contribution is -0.346. The molecule has 3 heterocycles. The fourth-order valence-electron chi connectivity index (χ4n) is 3.53. The number of hydrogen-bond donors (Lipinski definition) is 1. The maximum Gasteiger partial charge on any atom is 0.217 e. The molecule has 7 atom stereocenters. The van der Waals surface area contributed by atoms with Gasteiger partial charge in [-0.1, -0.05) is 30.3 Å². The summed E-state index contributed by atoms with van der Waals surface area (Å²) in [5, 5.41) is 2.89. The highest BCUT2D eigenvalue weighted by Crippen LogP contribution is 2.35. The molecule has 0 radical (unpaired) electrons. The summed E-state index contributed by atoms with van der Waals surface area (Å²) < 4.78 is 34.9. The number of benzene rings is 1. The Labute approximate surface area is 158 Å². The van der Waals surface area contributed by atoms with Crippen LogP contribution in [0.15, 0.2) is 30.3 Å². The molecular weight excluding hydrogens is 354 g/mol. The first-order valence-electron chi connectivity index (χ1n) is 9.16. The molecule has 0 spiro atoms. The molecule has 1 unspecified atom stereocenters. The summed E-state index contributed by atoms with van der Waals surface area (Å²) >= 11 is 0. The largest absolute Gasteiger partial charge is 0.376 e. The van der Waals surface area contributed by atoms with Crippen LogP contribution in [0.5, 0.6) is 0 Å². The maximum absolute atomic E-state index is 11.7. The average Bonchev–Trinajstić information content (AvgIpc) is 3.50. The van der Waals surface area contributed by atoms with Gasteiger partial charge >= 0.3 is 0 Å². The number of methoxy groups -OCH3 is 1. The van der Waals surface area contributed by atoms with E-state index in [0.29, 0.717) is 19.8 Å². The predicted octanol–water partition coefficient (Wildman–Crippen LogP) is 0.761. The number of fused-ring (bicyclic) bond motifs is 1. The first-order chi connectivity index (χ1) is 13.2. The molecule has 1 aromatic carbocycles. The van der Waals surface area contributed by atoms with Gasteiger partial charge < -0.3 is 33.7 Å². The molecule has 1 amide bonds. The minimum absolute atomic E-state index is 0.0895. The Balaban J connectivity index is 1.51. The third-order valence-corrected chi connectivity index (χ3v) is 4.90. The number of carbonyl (C=O) groups excluding carboxylic acids is 1. The van der Waals surface area contributed by atoms with Gasteiger partial charge in [0.05, 0.1) is 19.8 Å². The van der Waals surface area contributed by atoms with Gasteiger partial charge in [-0.3, -0.25) is 4.79 Å². The molecular formula is C19H25NO7. The van der Waals surface area contributed by atoms with Gasteiger partial charge in [-0.25, -0.2) is 0 Å². The van der Waals surface area contributed by atoms with Crippen molar-refractivity contribution >= 4 is 5.91 Å². The molecule has 148 valence electrons. The first-order valence-corrected chi connectivity index (χ1v) is 9.16. The lowest BCUT2D eigenvalue weighted by Gasteiger charge is -2.48. The minimum atomic E-state index is -0.662. The van der Waals surface area contributed by atoms with E-state index >= 15 is 0 Å². The smallest absolute Gasteiger partial charge is 0.217 e. The monoisotopic (exact) mass is 379 g/mol. The average molecular weight is 379 g/mol. The van der Waals surface area contributed by atoms with E-state index in [2.05, 4.69) is 5.32 Å². The van der Waals surface area contributed by atoms with Crippen molar-refractivity contribution in [1.82, 2.24) is 5.32 Å². The molecule has 1 aromatic rings. The van der Waals surface area contributed by atoms with Crippen molar-refractivity contribution in [2.75, 3.05) is 26.9 Å². The van der Waals surface area contributed by atoms with Gasteiger partial charge in [-0.05, 0) is 0 Å². The number of epoxide rings is 1. The second-order valence-corrected chi connectivity index (χ2v) is 6.93. The second-order valence-electron chi connectivity index (χ2n) is 6.93. The van der Waals surface area contributed by atoms with E-state index in [1.807, 2.05) is 30.3 Å². The minimum Gasteiger partial charge on any atom is -0.376 e. The summed E-state index contributed by atoms with van der Waals surface area (Å²) in [6.07, 6.45) is -2.28. The van der Waals surface area contributed by atoms with E-state index in [-0.39, 0.29) is 18.1 Å². The Morgan fingerprint density at radius 2 is 1.96 bits per heavy atom. The van der Waals surface area contributed by atoms with E-state index in [1.54, 1.807) is 7.11 Å². The van der Waals surface area contributed by atoms with Gasteiger partial charge in [0, 0.05) is 19.6 Å². The molecule has 3 saturated heterocycles. The SMILES string of the molecule is CO[C@@H]1[C@@H](NC(C)=O)[C@H](OC[C@H]2CO2)O[C@@H]2COC(c3ccccc3)O[C@@H]12. The molecule has 3 fully saturated rings. The molecule has 0 saturated carbocycles. The van der Waals surface area contributed by atoms with Crippen molar-refractivity contribution in [2.24, 2.45) is 0 Å². The summed E-state index contributed by atoms with van der Waals surface area (Å²) in [6.45, 7) is 2.89. The summed E-state index contributed by atoms with van der Waals surface area (Å²) in [7, 11) is 1.60. The number of rotatable bonds is 6. The van der Waals surface area contributed by atoms with Gasteiger partial charge in [0.25, 0.3) is 0 Å². The lowest BCUT2D eigenvalue weighted by atomic mass is 9.95. The van der Waals surface area contributed by atoms with Crippen LogP contribution in [0.2, 0.25) is 0 Å². The Bertz CT molecular complexity index is 638. The zero-order valence-corrected chi connectivity index (χ0v) is 15.4. The van der Waals surface area contributed by atoms with Crippen molar-refractivity contribution in [1.29, 1.82) is 0 Å². The highest BCUT2D eigenvalue weighted by molar-refractivity contribution is 5.73. The number of nitrogens with one attached hydrogen (secondary N) is 1. The number of carbonyl (C=O) groups is 1. The van der Waals surface area contributed by atoms with Crippen molar-refractivity contribution < 1.29 is 33.2 Å². The van der Waals surface area contributed by atoms with Gasteiger partial charge in [0.15, 0.2) is 12.6 Å². The van der Waals surface area contributed by atoms with Crippen LogP contribution in [0.25, 0.3) is 0 Å². The van der Waals surface area contributed by atoms with Crippen LogP contribution in [0, 0.1) is 0 Å². The van der Waals surface area contributed by atoms with E-state index in [1.165, 1.54) is 6.92 Å². The number of ether oxygens (including phenoxy) is 6. The van der Waals surface area contributed by atoms with Crippen LogP contribution in [-0.4, -0.2) is 69.6 Å². The molecule has 0 aliphatic carbocycles. The molecule has 8 nitrogen and oxygen atoms in total. The van der Waals surface area contributed by atoms with Gasteiger partial charge in [-0.15, -0.1) is 0 Å². The van der Waals surface area contributed by atoms with Crippen LogP contribution in [-0.2, 0) is 33.2 Å². The predicted molar refractivity (Wildman–Crippen MR) is 92.8 cm³/mol. The molecule has 1 N–H and O–H groups in total. The van der Waals surface area contributed by atoms with E-state index in [4.69, 9.17) is 28.4 Å². The van der Waals surface area contributed by atoms with E-state index in [9.17, 15) is 4.79 Å². The van der Waals surface area contributed by atoms with Crippen molar-refractivity contribution in [2.45, 2.75) is 50.0 Å². The Morgan fingerprint density at radius 3 is 2.63 bits per heavy atom. The van der Waals surface area contributed by atoms with E-state index < -0.39 is 30.8 Å². The van der Waals surface area contributed by atoms with Crippen LogP contribution >= 0.6 is 0 Å². The van der Waals surface area contributed by atoms with Gasteiger partial charge in [0.1, 0.15) is 30.5 Å². The summed E-state index contributed by atoms with van der Waals surface area (Å²) in [5.41, 5.74) is 0.922. The molecule has 8 heteroatoms. The summed E-state index contributed by atoms with van der Waals surface area (Å²) in [4.78, 5) is 11.7. The third kappa shape index (κ3) is 4.31. The van der Waals surface area contributed by atoms with Crippen LogP contribution in [0.1, 0.15) is 18.8 Å². The standard InChI is InChI=1S/C19H25NO7/c1-11(21)20-15-17(22-2)16-14(26-19(15)24-9-13-8-23-13)10-25-18(27-16)12-6-4-3-5-7-12/h3-7,13-19H,8-10H2,1-2H3,(H,20,21)/t13-,14-,15-,16-,17-,18?,19-/m1/s1. The van der Waals surface area contributed by atoms with Gasteiger partial charge in [-0.2, -0.15) is 0 Å². The quantitative estimate of drug-likeness (QED) is 0.730. The number of hydrogen-bond acceptors (Lipinski definition) is 7. The Morgan fingerprint density at radius 1 is 1.19 bits per heavy atom. The fraction of sp³-hybridized carbons (Fsp3) is 0.632. The molecule has 0 aromatic heterocycles. The summed E-state index contributed by atoms with van der Waals surface area (Å²) in [5.74, 6) is -0.188. The zero-order valence-electron chi connectivity index (χ0n) is 15.4. The lowest BCUT2D eigenvalue weighted by Crippen LogP contribution is -2.67. The normalized spacial score (nSPS) is 38.1. The van der Waals surface area contributed by atoms with Crippen molar-refractivity contribution in [3.05, 3.63) is 35.9 Å². The van der Waals surface area contributed by atoms with E-state index in [0.717, 1.165) is 5.56 Å². The Kier molecular flexibility index (Phi) is 5.72. The fourth-order valence-corrected chi connectivity index (χ4v) is 3.53. The second kappa shape index (κ2) is 8.22. The maximum atomic E-state index is 11.7.